The number of nitrogens with one attached hydrogen (secondary N) is 2. The third kappa shape index (κ3) is 4.76. The molecule has 0 saturated carbocycles. The Morgan fingerprint density at radius 2 is 1.95 bits per heavy atom. The second-order valence-corrected chi connectivity index (χ2v) is 4.80. The van der Waals surface area contributed by atoms with E-state index in [1.165, 1.54) is 0 Å². The molecule has 19 heavy (non-hydrogen) atoms. The van der Waals surface area contributed by atoms with Gasteiger partial charge < -0.3 is 5.32 Å². The van der Waals surface area contributed by atoms with Gasteiger partial charge in [0.15, 0.2) is 5.11 Å². The average molecular weight is 335 g/mol. The maximum Gasteiger partial charge on any atom is 0.191 e. The molecular weight excluding hydrogens is 324 g/mol. The van der Waals surface area contributed by atoms with E-state index in [1.807, 2.05) is 48.5 Å². The third-order valence-corrected chi connectivity index (χ3v) is 2.77. The lowest BCUT2D eigenvalue weighted by Crippen LogP contribution is -2.23. The Morgan fingerprint density at radius 1 is 1.16 bits per heavy atom. The number of hydrogen-bond donors (Lipinski definition) is 2. The van der Waals surface area contributed by atoms with Crippen LogP contribution in [0.5, 0.6) is 0 Å². The summed E-state index contributed by atoms with van der Waals surface area (Å²) in [5.74, 6) is 0. The standard InChI is InChI=1S/C13H11BrN4S/c14-12-8-4-7-11(16-12)9-15-18-13(19)17-10-5-2-1-3-6-10/h1-9H,(H2,17,18,19)/b15-9+. The van der Waals surface area contributed by atoms with Crippen LogP contribution >= 0.6 is 28.1 Å². The molecule has 0 spiro atoms. The summed E-state index contributed by atoms with van der Waals surface area (Å²) in [6, 6.07) is 15.2. The predicted octanol–water partition coefficient (Wildman–Crippen LogP) is 3.16. The van der Waals surface area contributed by atoms with Crippen molar-refractivity contribution < 1.29 is 0 Å². The van der Waals surface area contributed by atoms with Gasteiger partial charge in [0.25, 0.3) is 0 Å². The van der Waals surface area contributed by atoms with Crippen molar-refractivity contribution in [3.63, 3.8) is 0 Å². The lowest BCUT2D eigenvalue weighted by molar-refractivity contribution is 1.05. The van der Waals surface area contributed by atoms with Crippen molar-refractivity contribution in [3.8, 4) is 0 Å². The van der Waals surface area contributed by atoms with Crippen LogP contribution in [0, 0.1) is 0 Å². The molecule has 0 aliphatic heterocycles. The van der Waals surface area contributed by atoms with Crippen LogP contribution in [0.2, 0.25) is 0 Å². The lowest BCUT2D eigenvalue weighted by atomic mass is 10.3. The quantitative estimate of drug-likeness (QED) is 0.392. The number of para-hydroxylation sites is 1. The number of hydrogen-bond acceptors (Lipinski definition) is 3. The van der Waals surface area contributed by atoms with Gasteiger partial charge in [-0.25, -0.2) is 4.98 Å². The number of aromatic nitrogens is 1. The molecule has 1 aromatic heterocycles. The third-order valence-electron chi connectivity index (χ3n) is 2.13. The fourth-order valence-electron chi connectivity index (χ4n) is 1.33. The molecule has 0 aliphatic rings. The zero-order valence-electron chi connectivity index (χ0n) is 9.88. The second-order valence-electron chi connectivity index (χ2n) is 3.58. The number of nitrogens with zero attached hydrogens (tertiary/aromatic N) is 2. The lowest BCUT2D eigenvalue weighted by Gasteiger charge is -2.05. The van der Waals surface area contributed by atoms with Gasteiger partial charge in [0, 0.05) is 5.69 Å². The van der Waals surface area contributed by atoms with Crippen molar-refractivity contribution in [3.05, 3.63) is 58.8 Å². The summed E-state index contributed by atoms with van der Waals surface area (Å²) in [5, 5.41) is 7.46. The van der Waals surface area contributed by atoms with Crippen LogP contribution in [-0.4, -0.2) is 16.3 Å². The van der Waals surface area contributed by atoms with E-state index in [0.29, 0.717) is 5.11 Å². The Hall–Kier alpha value is -1.79. The molecule has 0 atom stereocenters. The minimum absolute atomic E-state index is 0.428. The molecule has 96 valence electrons. The van der Waals surface area contributed by atoms with Crippen molar-refractivity contribution in [2.75, 3.05) is 5.32 Å². The summed E-state index contributed by atoms with van der Waals surface area (Å²) in [6.45, 7) is 0. The Labute approximate surface area is 125 Å². The Morgan fingerprint density at radius 3 is 2.68 bits per heavy atom. The highest BCUT2D eigenvalue weighted by Gasteiger charge is 1.95. The summed E-state index contributed by atoms with van der Waals surface area (Å²) in [5.41, 5.74) is 4.39. The summed E-state index contributed by atoms with van der Waals surface area (Å²) >= 11 is 8.41. The van der Waals surface area contributed by atoms with E-state index in [2.05, 4.69) is 36.8 Å². The van der Waals surface area contributed by atoms with Gasteiger partial charge in [0.05, 0.1) is 11.9 Å². The van der Waals surface area contributed by atoms with E-state index >= 15 is 0 Å². The molecule has 2 rings (SSSR count). The van der Waals surface area contributed by atoms with Crippen molar-refractivity contribution in [2.24, 2.45) is 5.10 Å². The Kier molecular flexibility index (Phi) is 5.00. The highest BCUT2D eigenvalue weighted by molar-refractivity contribution is 9.10. The van der Waals surface area contributed by atoms with Crippen LogP contribution in [-0.2, 0) is 0 Å². The van der Waals surface area contributed by atoms with Crippen molar-refractivity contribution in [2.45, 2.75) is 0 Å². The zero-order valence-corrected chi connectivity index (χ0v) is 12.3. The van der Waals surface area contributed by atoms with Gasteiger partial charge in [0.1, 0.15) is 4.60 Å². The van der Waals surface area contributed by atoms with Gasteiger partial charge in [-0.15, -0.1) is 0 Å². The van der Waals surface area contributed by atoms with E-state index in [4.69, 9.17) is 12.2 Å². The highest BCUT2D eigenvalue weighted by Crippen LogP contribution is 2.05. The number of rotatable bonds is 3. The predicted molar refractivity (Wildman–Crippen MR) is 85.3 cm³/mol. The van der Waals surface area contributed by atoms with Gasteiger partial charge in [-0.1, -0.05) is 24.3 Å². The Balaban J connectivity index is 1.87. The topological polar surface area (TPSA) is 49.3 Å². The molecule has 0 bridgehead atoms. The smallest absolute Gasteiger partial charge is 0.191 e. The molecule has 0 fully saturated rings. The van der Waals surface area contributed by atoms with E-state index in [0.717, 1.165) is 16.0 Å². The SMILES string of the molecule is S=C(N/N=C/c1cccc(Br)n1)Nc1ccccc1. The number of anilines is 1. The first-order valence-electron chi connectivity index (χ1n) is 5.52. The van der Waals surface area contributed by atoms with Crippen LogP contribution in [0.15, 0.2) is 58.2 Å². The van der Waals surface area contributed by atoms with Crippen molar-refractivity contribution in [1.82, 2.24) is 10.4 Å². The van der Waals surface area contributed by atoms with Gasteiger partial charge in [-0.05, 0) is 52.4 Å². The Bertz CT molecular complexity index is 586. The van der Waals surface area contributed by atoms with E-state index in [1.54, 1.807) is 6.21 Å². The molecular formula is C13H11BrN4S. The number of halogens is 1. The van der Waals surface area contributed by atoms with Crippen molar-refractivity contribution >= 4 is 45.2 Å². The van der Waals surface area contributed by atoms with Crippen LogP contribution in [0.3, 0.4) is 0 Å². The molecule has 0 saturated heterocycles. The first kappa shape index (κ1) is 13.6. The summed E-state index contributed by atoms with van der Waals surface area (Å²) in [7, 11) is 0. The first-order valence-corrected chi connectivity index (χ1v) is 6.72. The van der Waals surface area contributed by atoms with Gasteiger partial charge in [0.2, 0.25) is 0 Å². The maximum atomic E-state index is 5.11. The molecule has 1 aromatic carbocycles. The number of benzene rings is 1. The highest BCUT2D eigenvalue weighted by atomic mass is 79.9. The molecule has 0 amide bonds. The average Bonchev–Trinajstić information content (AvgIpc) is 2.40. The van der Waals surface area contributed by atoms with Crippen LogP contribution < -0.4 is 10.7 Å². The monoisotopic (exact) mass is 334 g/mol. The molecule has 0 aliphatic carbocycles. The minimum Gasteiger partial charge on any atom is -0.331 e. The van der Waals surface area contributed by atoms with Crippen LogP contribution in [0.4, 0.5) is 5.69 Å². The van der Waals surface area contributed by atoms with E-state index < -0.39 is 0 Å². The molecule has 6 heteroatoms. The normalized spacial score (nSPS) is 10.4. The number of thiocarbonyl (C=S) groups is 1. The number of pyridine rings is 1. The molecule has 0 radical (unpaired) electrons. The molecule has 1 heterocycles. The first-order chi connectivity index (χ1) is 9.24. The largest absolute Gasteiger partial charge is 0.331 e. The zero-order chi connectivity index (χ0) is 13.5. The van der Waals surface area contributed by atoms with Gasteiger partial charge in [-0.3, -0.25) is 5.43 Å². The van der Waals surface area contributed by atoms with Gasteiger partial charge in [-0.2, -0.15) is 5.10 Å². The number of hydrazone groups is 1. The second kappa shape index (κ2) is 6.96. The minimum atomic E-state index is 0.428. The van der Waals surface area contributed by atoms with Crippen LogP contribution in [0.1, 0.15) is 5.69 Å². The molecule has 2 aromatic rings. The van der Waals surface area contributed by atoms with Gasteiger partial charge >= 0.3 is 0 Å². The molecule has 0 unspecified atom stereocenters. The molecule has 2 N–H and O–H groups in total. The maximum absolute atomic E-state index is 5.11. The van der Waals surface area contributed by atoms with Crippen LogP contribution in [0.25, 0.3) is 0 Å². The summed E-state index contributed by atoms with van der Waals surface area (Å²) in [4.78, 5) is 4.22. The van der Waals surface area contributed by atoms with E-state index in [-0.39, 0.29) is 0 Å². The van der Waals surface area contributed by atoms with Crippen molar-refractivity contribution in [1.29, 1.82) is 0 Å². The molecule has 4 nitrogen and oxygen atoms in total. The summed E-state index contributed by atoms with van der Waals surface area (Å²) < 4.78 is 0.765. The fraction of sp³-hybridized carbons (Fsp3) is 0. The van der Waals surface area contributed by atoms with E-state index in [9.17, 15) is 0 Å². The fourth-order valence-corrected chi connectivity index (χ4v) is 1.86. The summed E-state index contributed by atoms with van der Waals surface area (Å²) in [6.07, 6.45) is 1.60.